The highest BCUT2D eigenvalue weighted by Gasteiger charge is 2.19. The first-order chi connectivity index (χ1) is 9.89. The zero-order valence-electron chi connectivity index (χ0n) is 12.6. The summed E-state index contributed by atoms with van der Waals surface area (Å²) in [4.78, 5) is 6.54. The Balaban J connectivity index is 2.01. The Kier molecular flexibility index (Phi) is 4.98. The van der Waals surface area contributed by atoms with Gasteiger partial charge in [0, 0.05) is 17.1 Å². The Bertz CT molecular complexity index is 580. The number of halogens is 1. The zero-order valence-corrected chi connectivity index (χ0v) is 13.4. The molecule has 0 aliphatic heterocycles. The SMILES string of the molecule is CN(Cc1nc(-c2ccc(Cl)cc2)no1)CC(C)(C)CN. The molecule has 0 saturated heterocycles. The van der Waals surface area contributed by atoms with Crippen molar-refractivity contribution >= 4 is 11.6 Å². The molecule has 2 rings (SSSR count). The number of aromatic nitrogens is 2. The first-order valence-corrected chi connectivity index (χ1v) is 7.24. The van der Waals surface area contributed by atoms with Gasteiger partial charge in [-0.15, -0.1) is 0 Å². The van der Waals surface area contributed by atoms with Gasteiger partial charge in [0.25, 0.3) is 0 Å². The summed E-state index contributed by atoms with van der Waals surface area (Å²) in [6.45, 7) is 6.37. The van der Waals surface area contributed by atoms with E-state index in [-0.39, 0.29) is 5.41 Å². The standard InChI is InChI=1S/C15H21ClN4O/c1-15(2,9-17)10-20(3)8-13-18-14(19-21-13)11-4-6-12(16)7-5-11/h4-7H,8-10,17H2,1-3H3. The van der Waals surface area contributed by atoms with Crippen molar-refractivity contribution in [2.45, 2.75) is 20.4 Å². The number of benzene rings is 1. The summed E-state index contributed by atoms with van der Waals surface area (Å²) in [6.07, 6.45) is 0. The van der Waals surface area contributed by atoms with Crippen LogP contribution in [0, 0.1) is 5.41 Å². The van der Waals surface area contributed by atoms with Crippen LogP contribution in [-0.2, 0) is 6.54 Å². The molecule has 0 saturated carbocycles. The van der Waals surface area contributed by atoms with E-state index in [0.29, 0.717) is 29.8 Å². The molecule has 0 amide bonds. The van der Waals surface area contributed by atoms with Crippen LogP contribution in [0.5, 0.6) is 0 Å². The highest BCUT2D eigenvalue weighted by Crippen LogP contribution is 2.20. The van der Waals surface area contributed by atoms with Crippen molar-refractivity contribution in [1.82, 2.24) is 15.0 Å². The normalized spacial score (nSPS) is 12.1. The van der Waals surface area contributed by atoms with Crippen molar-refractivity contribution < 1.29 is 4.52 Å². The summed E-state index contributed by atoms with van der Waals surface area (Å²) in [5.74, 6) is 1.17. The second-order valence-electron chi connectivity index (χ2n) is 6.06. The summed E-state index contributed by atoms with van der Waals surface area (Å²) < 4.78 is 5.30. The third kappa shape index (κ3) is 4.52. The van der Waals surface area contributed by atoms with Crippen LogP contribution in [0.4, 0.5) is 0 Å². The highest BCUT2D eigenvalue weighted by atomic mass is 35.5. The molecule has 0 spiro atoms. The van der Waals surface area contributed by atoms with Gasteiger partial charge in [-0.25, -0.2) is 0 Å². The summed E-state index contributed by atoms with van der Waals surface area (Å²) in [7, 11) is 2.02. The van der Waals surface area contributed by atoms with E-state index in [0.717, 1.165) is 12.1 Å². The molecule has 1 heterocycles. The molecule has 2 N–H and O–H groups in total. The minimum absolute atomic E-state index is 0.0633. The average molecular weight is 309 g/mol. The van der Waals surface area contributed by atoms with Crippen LogP contribution >= 0.6 is 11.6 Å². The van der Waals surface area contributed by atoms with Gasteiger partial charge >= 0.3 is 0 Å². The topological polar surface area (TPSA) is 68.2 Å². The van der Waals surface area contributed by atoms with Gasteiger partial charge < -0.3 is 10.3 Å². The van der Waals surface area contributed by atoms with Gasteiger partial charge in [0.1, 0.15) is 0 Å². The quantitative estimate of drug-likeness (QED) is 0.888. The lowest BCUT2D eigenvalue weighted by molar-refractivity contribution is 0.189. The first-order valence-electron chi connectivity index (χ1n) is 6.87. The van der Waals surface area contributed by atoms with E-state index in [1.807, 2.05) is 31.3 Å². The van der Waals surface area contributed by atoms with Crippen LogP contribution in [-0.4, -0.2) is 35.2 Å². The maximum absolute atomic E-state index is 5.87. The first kappa shape index (κ1) is 15.9. The van der Waals surface area contributed by atoms with Crippen LogP contribution in [0.2, 0.25) is 5.02 Å². The fourth-order valence-corrected chi connectivity index (χ4v) is 2.24. The smallest absolute Gasteiger partial charge is 0.241 e. The molecule has 0 radical (unpaired) electrons. The van der Waals surface area contributed by atoms with Gasteiger partial charge in [-0.3, -0.25) is 4.90 Å². The van der Waals surface area contributed by atoms with Gasteiger partial charge in [-0.2, -0.15) is 4.98 Å². The van der Waals surface area contributed by atoms with E-state index in [9.17, 15) is 0 Å². The van der Waals surface area contributed by atoms with Gasteiger partial charge in [-0.1, -0.05) is 30.6 Å². The number of nitrogens with zero attached hydrogens (tertiary/aromatic N) is 3. The zero-order chi connectivity index (χ0) is 15.5. The van der Waals surface area contributed by atoms with Crippen LogP contribution in [0.3, 0.4) is 0 Å². The lowest BCUT2D eigenvalue weighted by Gasteiger charge is -2.27. The lowest BCUT2D eigenvalue weighted by Crippen LogP contribution is -2.36. The predicted octanol–water partition coefficient (Wildman–Crippen LogP) is 2.81. The molecule has 0 aliphatic carbocycles. The van der Waals surface area contributed by atoms with Crippen molar-refractivity contribution in [3.63, 3.8) is 0 Å². The second-order valence-corrected chi connectivity index (χ2v) is 6.50. The van der Waals surface area contributed by atoms with E-state index in [2.05, 4.69) is 28.9 Å². The molecule has 114 valence electrons. The van der Waals surface area contributed by atoms with E-state index in [4.69, 9.17) is 21.9 Å². The Morgan fingerprint density at radius 1 is 1.29 bits per heavy atom. The van der Waals surface area contributed by atoms with Crippen LogP contribution in [0.1, 0.15) is 19.7 Å². The molecule has 2 aromatic rings. The van der Waals surface area contributed by atoms with Crippen LogP contribution in [0.25, 0.3) is 11.4 Å². The number of hydrogen-bond acceptors (Lipinski definition) is 5. The van der Waals surface area contributed by atoms with Crippen molar-refractivity contribution in [2.24, 2.45) is 11.1 Å². The summed E-state index contributed by atoms with van der Waals surface area (Å²) in [6, 6.07) is 7.36. The van der Waals surface area contributed by atoms with Crippen molar-refractivity contribution in [2.75, 3.05) is 20.1 Å². The Morgan fingerprint density at radius 3 is 2.57 bits per heavy atom. The maximum Gasteiger partial charge on any atom is 0.241 e. The molecule has 0 fully saturated rings. The highest BCUT2D eigenvalue weighted by molar-refractivity contribution is 6.30. The molecule has 1 aromatic carbocycles. The monoisotopic (exact) mass is 308 g/mol. The fraction of sp³-hybridized carbons (Fsp3) is 0.467. The third-order valence-electron chi connectivity index (χ3n) is 3.23. The maximum atomic E-state index is 5.87. The largest absolute Gasteiger partial charge is 0.338 e. The van der Waals surface area contributed by atoms with E-state index >= 15 is 0 Å². The van der Waals surface area contributed by atoms with Gasteiger partial charge in [0.05, 0.1) is 6.54 Å². The van der Waals surface area contributed by atoms with Crippen LogP contribution < -0.4 is 5.73 Å². The number of rotatable bonds is 6. The van der Waals surface area contributed by atoms with Gasteiger partial charge in [-0.05, 0) is 43.3 Å². The molecule has 5 nitrogen and oxygen atoms in total. The van der Waals surface area contributed by atoms with Gasteiger partial charge in [0.2, 0.25) is 11.7 Å². The van der Waals surface area contributed by atoms with E-state index in [1.54, 1.807) is 0 Å². The molecular weight excluding hydrogens is 288 g/mol. The third-order valence-corrected chi connectivity index (χ3v) is 3.48. The molecule has 6 heteroatoms. The summed E-state index contributed by atoms with van der Waals surface area (Å²) in [5.41, 5.74) is 6.70. The van der Waals surface area contributed by atoms with Crippen LogP contribution in [0.15, 0.2) is 28.8 Å². The summed E-state index contributed by atoms with van der Waals surface area (Å²) in [5, 5.41) is 4.69. The lowest BCUT2D eigenvalue weighted by atomic mass is 9.93. The van der Waals surface area contributed by atoms with Gasteiger partial charge in [0.15, 0.2) is 0 Å². The molecular formula is C15H21ClN4O. The average Bonchev–Trinajstić information content (AvgIpc) is 2.87. The molecule has 0 bridgehead atoms. The minimum atomic E-state index is 0.0633. The fourth-order valence-electron chi connectivity index (χ4n) is 2.12. The number of hydrogen-bond donors (Lipinski definition) is 1. The van der Waals surface area contributed by atoms with Crippen molar-refractivity contribution in [3.05, 3.63) is 35.2 Å². The molecule has 0 aliphatic rings. The molecule has 0 unspecified atom stereocenters. The molecule has 1 aromatic heterocycles. The number of nitrogens with two attached hydrogens (primary N) is 1. The molecule has 21 heavy (non-hydrogen) atoms. The Morgan fingerprint density at radius 2 is 1.95 bits per heavy atom. The van der Waals surface area contributed by atoms with E-state index < -0.39 is 0 Å². The Hall–Kier alpha value is -1.43. The Labute approximate surface area is 130 Å². The van der Waals surface area contributed by atoms with Crippen molar-refractivity contribution in [3.8, 4) is 11.4 Å². The van der Waals surface area contributed by atoms with E-state index in [1.165, 1.54) is 0 Å². The summed E-state index contributed by atoms with van der Waals surface area (Å²) >= 11 is 5.87. The van der Waals surface area contributed by atoms with Crippen molar-refractivity contribution in [1.29, 1.82) is 0 Å². The predicted molar refractivity (Wildman–Crippen MR) is 83.9 cm³/mol. The second kappa shape index (κ2) is 6.56. The molecule has 0 atom stereocenters. The minimum Gasteiger partial charge on any atom is -0.338 e.